The lowest BCUT2D eigenvalue weighted by Gasteiger charge is -2.21. The number of rotatable bonds is 4. The molecule has 23 heavy (non-hydrogen) atoms. The molecule has 2 amide bonds. The van der Waals surface area contributed by atoms with Gasteiger partial charge in [-0.15, -0.1) is 0 Å². The lowest BCUT2D eigenvalue weighted by Crippen LogP contribution is -2.32. The number of carbonyl (C=O) groups excluding carboxylic acids is 2. The first-order valence-electron chi connectivity index (χ1n) is 8.17. The standard InChI is InChI=1S/C18H27N3O2/c1-18(2,3)17(23)20-15-8-6-5-7-14(15)16(22)21-10-9-13(12-21)11-19-4/h5-8,13,19H,9-12H2,1-4H3,(H,20,23). The summed E-state index contributed by atoms with van der Waals surface area (Å²) in [5.74, 6) is 0.404. The Morgan fingerprint density at radius 2 is 1.96 bits per heavy atom. The lowest BCUT2D eigenvalue weighted by molar-refractivity contribution is -0.123. The van der Waals surface area contributed by atoms with Crippen molar-refractivity contribution in [3.63, 3.8) is 0 Å². The summed E-state index contributed by atoms with van der Waals surface area (Å²) in [7, 11) is 1.93. The molecule has 5 nitrogen and oxygen atoms in total. The second kappa shape index (κ2) is 7.13. The molecule has 0 bridgehead atoms. The summed E-state index contributed by atoms with van der Waals surface area (Å²) in [6.45, 7) is 8.03. The van der Waals surface area contributed by atoms with Crippen LogP contribution >= 0.6 is 0 Å². The van der Waals surface area contributed by atoms with Crippen molar-refractivity contribution in [2.75, 3.05) is 32.0 Å². The van der Waals surface area contributed by atoms with Crippen LogP contribution in [-0.2, 0) is 4.79 Å². The summed E-state index contributed by atoms with van der Waals surface area (Å²) < 4.78 is 0. The van der Waals surface area contributed by atoms with Crippen molar-refractivity contribution in [2.24, 2.45) is 11.3 Å². The first-order chi connectivity index (χ1) is 10.8. The van der Waals surface area contributed by atoms with E-state index in [-0.39, 0.29) is 11.8 Å². The number of nitrogens with one attached hydrogen (secondary N) is 2. The number of amides is 2. The average Bonchev–Trinajstić information content (AvgIpc) is 2.95. The topological polar surface area (TPSA) is 61.4 Å². The highest BCUT2D eigenvalue weighted by atomic mass is 16.2. The number of para-hydroxylation sites is 1. The second-order valence-corrected chi connectivity index (χ2v) is 7.21. The van der Waals surface area contributed by atoms with Crippen LogP contribution in [-0.4, -0.2) is 43.4 Å². The van der Waals surface area contributed by atoms with E-state index in [0.717, 1.165) is 26.1 Å². The molecule has 0 aliphatic carbocycles. The van der Waals surface area contributed by atoms with Crippen LogP contribution in [0.15, 0.2) is 24.3 Å². The largest absolute Gasteiger partial charge is 0.338 e. The Morgan fingerprint density at radius 1 is 1.26 bits per heavy atom. The highest BCUT2D eigenvalue weighted by Crippen LogP contribution is 2.24. The molecule has 1 aromatic carbocycles. The van der Waals surface area contributed by atoms with Crippen LogP contribution in [0.2, 0.25) is 0 Å². The van der Waals surface area contributed by atoms with Gasteiger partial charge in [0, 0.05) is 18.5 Å². The molecule has 1 aromatic rings. The van der Waals surface area contributed by atoms with E-state index < -0.39 is 5.41 Å². The van der Waals surface area contributed by atoms with Crippen molar-refractivity contribution < 1.29 is 9.59 Å². The van der Waals surface area contributed by atoms with E-state index in [4.69, 9.17) is 0 Å². The van der Waals surface area contributed by atoms with Gasteiger partial charge in [-0.1, -0.05) is 32.9 Å². The Labute approximate surface area is 138 Å². The van der Waals surface area contributed by atoms with Crippen LogP contribution in [0, 0.1) is 11.3 Å². The Bertz CT molecular complexity index is 578. The SMILES string of the molecule is CNCC1CCN(C(=O)c2ccccc2NC(=O)C(C)(C)C)C1. The van der Waals surface area contributed by atoms with Crippen molar-refractivity contribution in [1.29, 1.82) is 0 Å². The highest BCUT2D eigenvalue weighted by Gasteiger charge is 2.29. The lowest BCUT2D eigenvalue weighted by atomic mass is 9.95. The van der Waals surface area contributed by atoms with Gasteiger partial charge in [-0.25, -0.2) is 0 Å². The van der Waals surface area contributed by atoms with E-state index in [1.165, 1.54) is 0 Å². The molecular formula is C18H27N3O2. The van der Waals surface area contributed by atoms with E-state index in [2.05, 4.69) is 10.6 Å². The second-order valence-electron chi connectivity index (χ2n) is 7.21. The van der Waals surface area contributed by atoms with Gasteiger partial charge >= 0.3 is 0 Å². The molecule has 1 saturated heterocycles. The number of likely N-dealkylation sites (tertiary alicyclic amines) is 1. The number of hydrogen-bond acceptors (Lipinski definition) is 3. The molecule has 0 radical (unpaired) electrons. The Hall–Kier alpha value is -1.88. The van der Waals surface area contributed by atoms with Gasteiger partial charge in [0.15, 0.2) is 0 Å². The minimum absolute atomic E-state index is 0.00610. The minimum atomic E-state index is -0.498. The van der Waals surface area contributed by atoms with Gasteiger partial charge in [-0.2, -0.15) is 0 Å². The highest BCUT2D eigenvalue weighted by molar-refractivity contribution is 6.04. The number of benzene rings is 1. The van der Waals surface area contributed by atoms with Crippen LogP contribution < -0.4 is 10.6 Å². The Balaban J connectivity index is 2.14. The first kappa shape index (κ1) is 17.5. The van der Waals surface area contributed by atoms with E-state index in [1.54, 1.807) is 12.1 Å². The molecule has 0 aromatic heterocycles. The first-order valence-corrected chi connectivity index (χ1v) is 8.17. The molecule has 1 atom stereocenters. The van der Waals surface area contributed by atoms with Gasteiger partial charge in [0.25, 0.3) is 5.91 Å². The Kier molecular flexibility index (Phi) is 5.42. The Morgan fingerprint density at radius 3 is 2.61 bits per heavy atom. The molecule has 126 valence electrons. The summed E-state index contributed by atoms with van der Waals surface area (Å²) >= 11 is 0. The van der Waals surface area contributed by atoms with E-state index in [1.807, 2.05) is 44.9 Å². The van der Waals surface area contributed by atoms with Crippen molar-refractivity contribution in [3.05, 3.63) is 29.8 Å². The smallest absolute Gasteiger partial charge is 0.255 e. The fourth-order valence-corrected chi connectivity index (χ4v) is 2.73. The maximum absolute atomic E-state index is 12.8. The third kappa shape index (κ3) is 4.32. The van der Waals surface area contributed by atoms with Gasteiger partial charge in [0.05, 0.1) is 11.3 Å². The van der Waals surface area contributed by atoms with Gasteiger partial charge in [0.1, 0.15) is 0 Å². The number of carbonyl (C=O) groups is 2. The number of nitrogens with zero attached hydrogens (tertiary/aromatic N) is 1. The molecule has 5 heteroatoms. The van der Waals surface area contributed by atoms with Gasteiger partial charge < -0.3 is 15.5 Å². The van der Waals surface area contributed by atoms with Crippen LogP contribution in [0.3, 0.4) is 0 Å². The number of anilines is 1. The summed E-state index contributed by atoms with van der Waals surface area (Å²) in [6.07, 6.45) is 1.02. The predicted molar refractivity (Wildman–Crippen MR) is 92.5 cm³/mol. The zero-order valence-corrected chi connectivity index (χ0v) is 14.5. The summed E-state index contributed by atoms with van der Waals surface area (Å²) in [6, 6.07) is 7.24. The van der Waals surface area contributed by atoms with Gasteiger partial charge in [-0.05, 0) is 38.1 Å². The molecule has 1 aliphatic heterocycles. The quantitative estimate of drug-likeness (QED) is 0.896. The molecule has 1 aliphatic rings. The molecule has 1 unspecified atom stereocenters. The summed E-state index contributed by atoms with van der Waals surface area (Å²) in [5.41, 5.74) is 0.659. The molecular weight excluding hydrogens is 290 g/mol. The van der Waals surface area contributed by atoms with Crippen molar-refractivity contribution in [1.82, 2.24) is 10.2 Å². The minimum Gasteiger partial charge on any atom is -0.338 e. The summed E-state index contributed by atoms with van der Waals surface area (Å²) in [4.78, 5) is 26.9. The summed E-state index contributed by atoms with van der Waals surface area (Å²) in [5, 5.41) is 6.06. The van der Waals surface area contributed by atoms with Gasteiger partial charge in [0.2, 0.25) is 5.91 Å². The predicted octanol–water partition coefficient (Wildman–Crippen LogP) is 2.35. The van der Waals surface area contributed by atoms with E-state index >= 15 is 0 Å². The van der Waals surface area contributed by atoms with Crippen molar-refractivity contribution >= 4 is 17.5 Å². The van der Waals surface area contributed by atoms with Crippen molar-refractivity contribution in [2.45, 2.75) is 27.2 Å². The maximum Gasteiger partial charge on any atom is 0.255 e. The van der Waals surface area contributed by atoms with Crippen LogP contribution in [0.1, 0.15) is 37.6 Å². The monoisotopic (exact) mass is 317 g/mol. The molecule has 0 saturated carbocycles. The van der Waals surface area contributed by atoms with Crippen molar-refractivity contribution in [3.8, 4) is 0 Å². The third-order valence-corrected chi connectivity index (χ3v) is 4.15. The molecule has 2 N–H and O–H groups in total. The van der Waals surface area contributed by atoms with E-state index in [9.17, 15) is 9.59 Å². The number of hydrogen-bond donors (Lipinski definition) is 2. The molecule has 1 fully saturated rings. The zero-order valence-electron chi connectivity index (χ0n) is 14.5. The fourth-order valence-electron chi connectivity index (χ4n) is 2.73. The normalized spacial score (nSPS) is 18.1. The van der Waals surface area contributed by atoms with Crippen LogP contribution in [0.5, 0.6) is 0 Å². The molecule has 2 rings (SSSR count). The van der Waals surface area contributed by atoms with Crippen LogP contribution in [0.25, 0.3) is 0 Å². The third-order valence-electron chi connectivity index (χ3n) is 4.15. The molecule has 0 spiro atoms. The maximum atomic E-state index is 12.8. The van der Waals surface area contributed by atoms with Crippen LogP contribution in [0.4, 0.5) is 5.69 Å². The zero-order chi connectivity index (χ0) is 17.0. The average molecular weight is 317 g/mol. The fraction of sp³-hybridized carbons (Fsp3) is 0.556. The van der Waals surface area contributed by atoms with E-state index in [0.29, 0.717) is 17.2 Å². The van der Waals surface area contributed by atoms with Gasteiger partial charge in [-0.3, -0.25) is 9.59 Å². The molecule has 1 heterocycles.